The number of nitrogens with zero attached hydrogens (tertiary/aromatic N) is 2. The van der Waals surface area contributed by atoms with E-state index in [1.54, 1.807) is 0 Å². The van der Waals surface area contributed by atoms with E-state index in [-0.39, 0.29) is 9.79 Å². The summed E-state index contributed by atoms with van der Waals surface area (Å²) in [6, 6.07) is 10.3. The number of carbonyl (C=O) groups excluding carboxylic acids is 1. The topological polar surface area (TPSA) is 116 Å². The van der Waals surface area contributed by atoms with Gasteiger partial charge in [0.1, 0.15) is 0 Å². The van der Waals surface area contributed by atoms with Crippen LogP contribution in [0.3, 0.4) is 0 Å². The molecule has 1 heterocycles. The van der Waals surface area contributed by atoms with Crippen molar-refractivity contribution in [3.05, 3.63) is 53.6 Å². The molecule has 0 saturated carbocycles. The number of sulfonamides is 2. The predicted octanol–water partition coefficient (Wildman–Crippen LogP) is 1.58. The molecule has 1 aliphatic rings. The molecule has 0 spiro atoms. The van der Waals surface area contributed by atoms with Crippen LogP contribution >= 0.6 is 11.6 Å². The fourth-order valence-electron chi connectivity index (χ4n) is 3.11. The highest BCUT2D eigenvalue weighted by atomic mass is 35.5. The summed E-state index contributed by atoms with van der Waals surface area (Å²) < 4.78 is 54.2. The van der Waals surface area contributed by atoms with Crippen LogP contribution in [0.15, 0.2) is 58.3 Å². The second-order valence-electron chi connectivity index (χ2n) is 7.52. The Bertz CT molecular complexity index is 1160. The molecule has 2 aromatic rings. The van der Waals surface area contributed by atoms with Crippen molar-refractivity contribution < 1.29 is 21.6 Å². The maximum Gasteiger partial charge on any atom is 0.243 e. The van der Waals surface area contributed by atoms with E-state index in [1.807, 2.05) is 7.05 Å². The number of nitrogens with one attached hydrogen (secondary N) is 2. The first-order valence-electron chi connectivity index (χ1n) is 9.86. The molecule has 1 fully saturated rings. The fourth-order valence-corrected chi connectivity index (χ4v) is 5.86. The van der Waals surface area contributed by atoms with E-state index in [4.69, 9.17) is 11.6 Å². The number of piperazine rings is 1. The smallest absolute Gasteiger partial charge is 0.243 e. The molecule has 0 radical (unpaired) electrons. The first-order chi connectivity index (χ1) is 15.0. The lowest BCUT2D eigenvalue weighted by atomic mass is 10.3. The van der Waals surface area contributed by atoms with Crippen LogP contribution in [0.1, 0.15) is 6.92 Å². The van der Waals surface area contributed by atoms with Crippen molar-refractivity contribution in [1.29, 1.82) is 0 Å². The normalized spacial score (nSPS) is 17.1. The molecule has 32 heavy (non-hydrogen) atoms. The number of carbonyl (C=O) groups is 1. The number of hydrogen-bond acceptors (Lipinski definition) is 6. The quantitative estimate of drug-likeness (QED) is 0.596. The first kappa shape index (κ1) is 24.6. The summed E-state index contributed by atoms with van der Waals surface area (Å²) in [5.41, 5.74) is 0.352. The van der Waals surface area contributed by atoms with Crippen LogP contribution in [0.4, 0.5) is 5.69 Å². The van der Waals surface area contributed by atoms with Crippen LogP contribution in [0.5, 0.6) is 0 Å². The minimum Gasteiger partial charge on any atom is -0.325 e. The average Bonchev–Trinajstić information content (AvgIpc) is 2.74. The number of hydrogen-bond donors (Lipinski definition) is 2. The Morgan fingerprint density at radius 1 is 0.906 bits per heavy atom. The third kappa shape index (κ3) is 5.85. The van der Waals surface area contributed by atoms with E-state index in [1.165, 1.54) is 59.8 Å². The van der Waals surface area contributed by atoms with Crippen LogP contribution in [-0.4, -0.2) is 71.2 Å². The van der Waals surface area contributed by atoms with Gasteiger partial charge in [-0.15, -0.1) is 0 Å². The van der Waals surface area contributed by atoms with Crippen molar-refractivity contribution in [2.45, 2.75) is 22.8 Å². The zero-order valence-corrected chi connectivity index (χ0v) is 20.0. The van der Waals surface area contributed by atoms with E-state index < -0.39 is 32.0 Å². The number of benzene rings is 2. The predicted molar refractivity (Wildman–Crippen MR) is 123 cm³/mol. The van der Waals surface area contributed by atoms with Gasteiger partial charge in [0.15, 0.2) is 0 Å². The molecule has 1 atom stereocenters. The Morgan fingerprint density at radius 3 is 2.00 bits per heavy atom. The number of likely N-dealkylation sites (N-methyl/N-ethyl adjacent to an activating group) is 1. The lowest BCUT2D eigenvalue weighted by molar-refractivity contribution is -0.117. The Kier molecular flexibility index (Phi) is 7.58. The van der Waals surface area contributed by atoms with Crippen LogP contribution in [0.25, 0.3) is 0 Å². The van der Waals surface area contributed by atoms with Crippen LogP contribution < -0.4 is 10.0 Å². The van der Waals surface area contributed by atoms with E-state index in [0.29, 0.717) is 36.9 Å². The Hall–Kier alpha value is -2.02. The summed E-state index contributed by atoms with van der Waals surface area (Å²) in [5.74, 6) is -0.586. The monoisotopic (exact) mass is 500 g/mol. The van der Waals surface area contributed by atoms with Gasteiger partial charge in [-0.1, -0.05) is 11.6 Å². The zero-order valence-electron chi connectivity index (χ0n) is 17.7. The maximum absolute atomic E-state index is 12.8. The molecule has 1 amide bonds. The molecular formula is C20H25ClN4O5S2. The van der Waals surface area contributed by atoms with Crippen molar-refractivity contribution in [2.24, 2.45) is 0 Å². The molecule has 1 unspecified atom stereocenters. The van der Waals surface area contributed by atoms with Crippen molar-refractivity contribution in [3.8, 4) is 0 Å². The molecule has 1 aliphatic heterocycles. The summed E-state index contributed by atoms with van der Waals surface area (Å²) in [4.78, 5) is 14.6. The second-order valence-corrected chi connectivity index (χ2v) is 11.6. The number of rotatable bonds is 7. The average molecular weight is 501 g/mol. The summed E-state index contributed by atoms with van der Waals surface area (Å²) in [5, 5.41) is 2.98. The first-order valence-corrected chi connectivity index (χ1v) is 13.2. The largest absolute Gasteiger partial charge is 0.325 e. The van der Waals surface area contributed by atoms with Gasteiger partial charge in [0, 0.05) is 36.9 Å². The van der Waals surface area contributed by atoms with E-state index in [2.05, 4.69) is 14.9 Å². The number of halogens is 1. The van der Waals surface area contributed by atoms with Crippen LogP contribution in [0, 0.1) is 0 Å². The molecule has 1 saturated heterocycles. The molecule has 174 valence electrons. The van der Waals surface area contributed by atoms with E-state index >= 15 is 0 Å². The molecule has 3 rings (SSSR count). The number of amides is 1. The molecule has 12 heteroatoms. The Labute approximate surface area is 193 Å². The summed E-state index contributed by atoms with van der Waals surface area (Å²) in [7, 11) is -5.58. The Morgan fingerprint density at radius 2 is 1.44 bits per heavy atom. The van der Waals surface area contributed by atoms with Gasteiger partial charge in [-0.2, -0.15) is 9.03 Å². The minimum atomic E-state index is -3.91. The van der Waals surface area contributed by atoms with E-state index in [9.17, 15) is 21.6 Å². The lowest BCUT2D eigenvalue weighted by Crippen LogP contribution is -2.47. The Balaban J connectivity index is 1.63. The van der Waals surface area contributed by atoms with Gasteiger partial charge in [0.25, 0.3) is 0 Å². The number of anilines is 1. The standard InChI is InChI=1S/C20H25ClN4O5S2/c1-15(23-31(27,28)18-7-3-16(21)4-8-18)20(26)22-17-5-9-19(10-6-17)32(29,30)25-13-11-24(2)12-14-25/h3-10,15,23H,11-14H2,1-2H3,(H,22,26). The van der Waals surface area contributed by atoms with E-state index in [0.717, 1.165) is 0 Å². The molecule has 2 N–H and O–H groups in total. The minimum absolute atomic E-state index is 0.0139. The van der Waals surface area contributed by atoms with Crippen LogP contribution in [-0.2, 0) is 24.8 Å². The maximum atomic E-state index is 12.8. The molecule has 9 nitrogen and oxygen atoms in total. The highest BCUT2D eigenvalue weighted by Gasteiger charge is 2.27. The van der Waals surface area contributed by atoms with Crippen LogP contribution in [0.2, 0.25) is 5.02 Å². The lowest BCUT2D eigenvalue weighted by Gasteiger charge is -2.31. The van der Waals surface area contributed by atoms with Gasteiger partial charge < -0.3 is 10.2 Å². The fraction of sp³-hybridized carbons (Fsp3) is 0.350. The summed E-state index contributed by atoms with van der Waals surface area (Å²) >= 11 is 5.78. The highest BCUT2D eigenvalue weighted by molar-refractivity contribution is 7.89. The van der Waals surface area contributed by atoms with Gasteiger partial charge in [-0.3, -0.25) is 4.79 Å². The third-order valence-electron chi connectivity index (χ3n) is 5.07. The van der Waals surface area contributed by atoms with Crippen molar-refractivity contribution in [2.75, 3.05) is 38.5 Å². The van der Waals surface area contributed by atoms with Gasteiger partial charge in [-0.05, 0) is 62.5 Å². The SMILES string of the molecule is CC(NS(=O)(=O)c1ccc(Cl)cc1)C(=O)Nc1ccc(S(=O)(=O)N2CCN(C)CC2)cc1. The molecule has 0 aromatic heterocycles. The van der Waals surface area contributed by atoms with Gasteiger partial charge in [-0.25, -0.2) is 16.8 Å². The summed E-state index contributed by atoms with van der Waals surface area (Å²) in [6.07, 6.45) is 0. The third-order valence-corrected chi connectivity index (χ3v) is 8.79. The van der Waals surface area contributed by atoms with Crippen molar-refractivity contribution in [1.82, 2.24) is 13.9 Å². The second kappa shape index (κ2) is 9.86. The van der Waals surface area contributed by atoms with Crippen molar-refractivity contribution >= 4 is 43.2 Å². The van der Waals surface area contributed by atoms with Gasteiger partial charge in [0.2, 0.25) is 26.0 Å². The molecule has 0 bridgehead atoms. The van der Waals surface area contributed by atoms with Crippen molar-refractivity contribution in [3.63, 3.8) is 0 Å². The van der Waals surface area contributed by atoms with Gasteiger partial charge in [0.05, 0.1) is 15.8 Å². The summed E-state index contributed by atoms with van der Waals surface area (Å²) in [6.45, 7) is 3.58. The molecule has 0 aliphatic carbocycles. The van der Waals surface area contributed by atoms with Gasteiger partial charge >= 0.3 is 0 Å². The molecule has 2 aromatic carbocycles. The highest BCUT2D eigenvalue weighted by Crippen LogP contribution is 2.20. The zero-order chi connectivity index (χ0) is 23.5. The molecular weight excluding hydrogens is 476 g/mol.